The first-order chi connectivity index (χ1) is 13.9. The minimum absolute atomic E-state index is 0.000738. The number of benzene rings is 3. The molecule has 0 fully saturated rings. The standard InChI is InChI=1S/C23H21NO4S/c1-16-7-11-21(12-8-16)29(25,26)27-14-13-22-17(2)28-23(24-22)20-10-9-18-5-3-4-6-19(18)15-20/h3-12,15H,13-14H2,1-2H3. The first-order valence-corrected chi connectivity index (χ1v) is 10.7. The maximum atomic E-state index is 12.3. The van der Waals surface area contributed by atoms with Gasteiger partial charge in [-0.25, -0.2) is 4.98 Å². The van der Waals surface area contributed by atoms with Gasteiger partial charge in [0.25, 0.3) is 10.1 Å². The Balaban J connectivity index is 1.47. The SMILES string of the molecule is Cc1ccc(S(=O)(=O)OCCc2nc(-c3ccc4ccccc4c3)oc2C)cc1. The fourth-order valence-electron chi connectivity index (χ4n) is 3.13. The fraction of sp³-hybridized carbons (Fsp3) is 0.174. The average Bonchev–Trinajstić information content (AvgIpc) is 3.08. The van der Waals surface area contributed by atoms with Crippen molar-refractivity contribution in [2.24, 2.45) is 0 Å². The van der Waals surface area contributed by atoms with Crippen molar-refractivity contribution >= 4 is 20.9 Å². The molecule has 0 saturated carbocycles. The van der Waals surface area contributed by atoms with Gasteiger partial charge in [0.15, 0.2) is 0 Å². The average molecular weight is 407 g/mol. The number of fused-ring (bicyclic) bond motifs is 1. The van der Waals surface area contributed by atoms with Crippen LogP contribution in [0.4, 0.5) is 0 Å². The maximum absolute atomic E-state index is 12.3. The molecule has 0 radical (unpaired) electrons. The van der Waals surface area contributed by atoms with E-state index in [9.17, 15) is 8.42 Å². The summed E-state index contributed by atoms with van der Waals surface area (Å²) in [5.74, 6) is 1.18. The minimum Gasteiger partial charge on any atom is -0.441 e. The van der Waals surface area contributed by atoms with Gasteiger partial charge in [0.2, 0.25) is 5.89 Å². The van der Waals surface area contributed by atoms with E-state index >= 15 is 0 Å². The van der Waals surface area contributed by atoms with Crippen molar-refractivity contribution in [2.45, 2.75) is 25.2 Å². The summed E-state index contributed by atoms with van der Waals surface area (Å²) < 4.78 is 35.6. The smallest absolute Gasteiger partial charge is 0.296 e. The van der Waals surface area contributed by atoms with E-state index in [1.54, 1.807) is 24.3 Å². The zero-order chi connectivity index (χ0) is 20.4. The number of hydrogen-bond acceptors (Lipinski definition) is 5. The van der Waals surface area contributed by atoms with Crippen LogP contribution in [0.2, 0.25) is 0 Å². The van der Waals surface area contributed by atoms with Crippen molar-refractivity contribution in [1.29, 1.82) is 0 Å². The highest BCUT2D eigenvalue weighted by atomic mass is 32.2. The van der Waals surface area contributed by atoms with Crippen LogP contribution < -0.4 is 0 Å². The van der Waals surface area contributed by atoms with Crippen LogP contribution in [0.15, 0.2) is 76.0 Å². The quantitative estimate of drug-likeness (QED) is 0.418. The Labute approximate surface area is 170 Å². The molecule has 0 saturated heterocycles. The van der Waals surface area contributed by atoms with Gasteiger partial charge in [-0.1, -0.05) is 48.0 Å². The number of nitrogens with zero attached hydrogens (tertiary/aromatic N) is 1. The third-order valence-corrected chi connectivity index (χ3v) is 6.10. The second-order valence-electron chi connectivity index (χ2n) is 6.92. The molecule has 0 N–H and O–H groups in total. The Morgan fingerprint density at radius 1 is 0.931 bits per heavy atom. The van der Waals surface area contributed by atoms with Gasteiger partial charge >= 0.3 is 0 Å². The van der Waals surface area contributed by atoms with Crippen molar-refractivity contribution in [2.75, 3.05) is 6.61 Å². The summed E-state index contributed by atoms with van der Waals surface area (Å²) in [5.41, 5.74) is 2.56. The molecule has 5 nitrogen and oxygen atoms in total. The first kappa shape index (κ1) is 19.4. The molecule has 4 rings (SSSR count). The van der Waals surface area contributed by atoms with Gasteiger partial charge in [0, 0.05) is 12.0 Å². The molecule has 0 aliphatic heterocycles. The summed E-state index contributed by atoms with van der Waals surface area (Å²) in [6, 6.07) is 20.7. The maximum Gasteiger partial charge on any atom is 0.296 e. The molecule has 0 unspecified atom stereocenters. The molecule has 148 valence electrons. The zero-order valence-corrected chi connectivity index (χ0v) is 17.1. The molecule has 0 atom stereocenters. The van der Waals surface area contributed by atoms with Crippen molar-refractivity contribution in [3.63, 3.8) is 0 Å². The van der Waals surface area contributed by atoms with Crippen LogP contribution in [-0.4, -0.2) is 20.0 Å². The molecule has 29 heavy (non-hydrogen) atoms. The Morgan fingerprint density at radius 2 is 1.66 bits per heavy atom. The predicted molar refractivity (Wildman–Crippen MR) is 112 cm³/mol. The molecule has 1 heterocycles. The number of rotatable bonds is 6. The van der Waals surface area contributed by atoms with Crippen LogP contribution in [0.25, 0.3) is 22.2 Å². The fourth-order valence-corrected chi connectivity index (χ4v) is 4.04. The summed E-state index contributed by atoms with van der Waals surface area (Å²) in [5, 5.41) is 2.25. The van der Waals surface area contributed by atoms with Gasteiger partial charge in [0.1, 0.15) is 5.76 Å². The highest BCUT2D eigenvalue weighted by Crippen LogP contribution is 2.26. The molecule has 0 spiro atoms. The van der Waals surface area contributed by atoms with Gasteiger partial charge in [-0.15, -0.1) is 0 Å². The Bertz CT molecular complexity index is 1260. The Kier molecular flexibility index (Phi) is 5.22. The Hall–Kier alpha value is -2.96. The summed E-state index contributed by atoms with van der Waals surface area (Å²) in [4.78, 5) is 4.70. The van der Waals surface area contributed by atoms with E-state index in [0.29, 0.717) is 23.8 Å². The zero-order valence-electron chi connectivity index (χ0n) is 16.3. The first-order valence-electron chi connectivity index (χ1n) is 9.34. The monoisotopic (exact) mass is 407 g/mol. The van der Waals surface area contributed by atoms with Crippen molar-refractivity contribution < 1.29 is 17.0 Å². The number of hydrogen-bond donors (Lipinski definition) is 0. The lowest BCUT2D eigenvalue weighted by atomic mass is 10.1. The third kappa shape index (κ3) is 4.23. The molecule has 4 aromatic rings. The summed E-state index contributed by atoms with van der Waals surface area (Å²) in [6.07, 6.45) is 0.341. The number of aryl methyl sites for hydroxylation is 2. The summed E-state index contributed by atoms with van der Waals surface area (Å²) in [7, 11) is -3.79. The second kappa shape index (κ2) is 7.81. The van der Waals surface area contributed by atoms with Crippen LogP contribution in [0.1, 0.15) is 17.0 Å². The largest absolute Gasteiger partial charge is 0.441 e. The van der Waals surface area contributed by atoms with E-state index in [1.165, 1.54) is 0 Å². The van der Waals surface area contributed by atoms with Gasteiger partial charge in [-0.2, -0.15) is 8.42 Å². The van der Waals surface area contributed by atoms with Crippen LogP contribution in [0.3, 0.4) is 0 Å². The van der Waals surface area contributed by atoms with E-state index in [1.807, 2.05) is 50.2 Å². The highest BCUT2D eigenvalue weighted by Gasteiger charge is 2.17. The second-order valence-corrected chi connectivity index (χ2v) is 8.54. The molecule has 0 aliphatic rings. The third-order valence-electron chi connectivity index (χ3n) is 4.78. The van der Waals surface area contributed by atoms with Gasteiger partial charge < -0.3 is 4.42 Å². The van der Waals surface area contributed by atoms with E-state index < -0.39 is 10.1 Å². The van der Waals surface area contributed by atoms with Gasteiger partial charge in [0.05, 0.1) is 17.2 Å². The van der Waals surface area contributed by atoms with Crippen LogP contribution in [0.5, 0.6) is 0 Å². The van der Waals surface area contributed by atoms with Gasteiger partial charge in [-0.3, -0.25) is 4.18 Å². The van der Waals surface area contributed by atoms with Crippen molar-refractivity contribution in [1.82, 2.24) is 4.98 Å². The van der Waals surface area contributed by atoms with Gasteiger partial charge in [-0.05, 0) is 48.9 Å². The van der Waals surface area contributed by atoms with Crippen molar-refractivity contribution in [3.05, 3.63) is 83.7 Å². The van der Waals surface area contributed by atoms with E-state index in [-0.39, 0.29) is 11.5 Å². The van der Waals surface area contributed by atoms with Crippen LogP contribution in [-0.2, 0) is 20.7 Å². The lowest BCUT2D eigenvalue weighted by Crippen LogP contribution is -2.09. The van der Waals surface area contributed by atoms with Crippen LogP contribution >= 0.6 is 0 Å². The minimum atomic E-state index is -3.79. The molecule has 0 aliphatic carbocycles. The molecule has 6 heteroatoms. The topological polar surface area (TPSA) is 69.4 Å². The van der Waals surface area contributed by atoms with Crippen LogP contribution in [0, 0.1) is 13.8 Å². The van der Waals surface area contributed by atoms with E-state index in [0.717, 1.165) is 21.9 Å². The normalized spacial score (nSPS) is 11.8. The number of oxazole rings is 1. The van der Waals surface area contributed by atoms with E-state index in [4.69, 9.17) is 8.60 Å². The predicted octanol–water partition coefficient (Wildman–Crippen LogP) is 5.06. The van der Waals surface area contributed by atoms with E-state index in [2.05, 4.69) is 11.1 Å². The molecule has 3 aromatic carbocycles. The molecular weight excluding hydrogens is 386 g/mol. The molecular formula is C23H21NO4S. The van der Waals surface area contributed by atoms with Crippen molar-refractivity contribution in [3.8, 4) is 11.5 Å². The molecule has 1 aromatic heterocycles. The summed E-state index contributed by atoms with van der Waals surface area (Å²) in [6.45, 7) is 3.72. The summed E-state index contributed by atoms with van der Waals surface area (Å²) >= 11 is 0. The number of aromatic nitrogens is 1. The highest BCUT2D eigenvalue weighted by molar-refractivity contribution is 7.86. The lowest BCUT2D eigenvalue weighted by Gasteiger charge is -2.05. The lowest BCUT2D eigenvalue weighted by molar-refractivity contribution is 0.320. The molecule has 0 amide bonds. The Morgan fingerprint density at radius 3 is 2.41 bits per heavy atom. The molecule has 0 bridgehead atoms.